The molecule has 1 saturated carbocycles. The maximum absolute atomic E-state index is 12.4. The second kappa shape index (κ2) is 12.6. The monoisotopic (exact) mass is 455 g/mol. The first-order chi connectivity index (χ1) is 15.2. The van der Waals surface area contributed by atoms with Crippen LogP contribution in [0.1, 0.15) is 32.1 Å². The maximum atomic E-state index is 12.4. The summed E-state index contributed by atoms with van der Waals surface area (Å²) in [7, 11) is 0. The van der Waals surface area contributed by atoms with Gasteiger partial charge in [-0.25, -0.2) is 0 Å². The number of amides is 5. The molecule has 2 saturated heterocycles. The van der Waals surface area contributed by atoms with Crippen molar-refractivity contribution >= 4 is 35.5 Å². The van der Waals surface area contributed by atoms with E-state index in [9.17, 15) is 28.8 Å². The highest BCUT2D eigenvalue weighted by atomic mass is 16.5. The van der Waals surface area contributed by atoms with Gasteiger partial charge in [0, 0.05) is 0 Å². The first-order valence-corrected chi connectivity index (χ1v) is 10.4. The Bertz CT molecular complexity index is 735. The Morgan fingerprint density at radius 1 is 0.875 bits per heavy atom. The zero-order valence-electron chi connectivity index (χ0n) is 17.6. The molecule has 6 N–H and O–H groups in total. The molecule has 3 aliphatic rings. The SMILES string of the molecule is O=C(O)CNC(=O)C1CC2CCC(CC2)OCC(=O)NCC(=O)NCC(=O)NCC(=O)N1. The standard InChI is InChI=1S/C19H29N5O8/c25-14-6-20-15(26)7-22-17(28)10-32-12-3-1-11(2-4-12)5-13(24-16(27)8-21-14)19(31)23-9-18(29)30/h11-13H,1-10H2,(H,20,26)(H,21,25)(H,22,28)(H,23,31)(H,24,27)(H,29,30). The molecule has 178 valence electrons. The van der Waals surface area contributed by atoms with Crippen molar-refractivity contribution in [2.75, 3.05) is 32.8 Å². The summed E-state index contributed by atoms with van der Waals surface area (Å²) in [5, 5.41) is 20.6. The Labute approximate surface area is 184 Å². The fraction of sp³-hybridized carbons (Fsp3) is 0.684. The fourth-order valence-electron chi connectivity index (χ4n) is 3.54. The van der Waals surface area contributed by atoms with Gasteiger partial charge in [0.15, 0.2) is 0 Å². The van der Waals surface area contributed by atoms with Crippen LogP contribution in [0.5, 0.6) is 0 Å². The molecule has 1 aliphatic carbocycles. The van der Waals surface area contributed by atoms with Gasteiger partial charge < -0.3 is 36.4 Å². The van der Waals surface area contributed by atoms with Gasteiger partial charge in [0.05, 0.1) is 25.7 Å². The topological polar surface area (TPSA) is 192 Å². The summed E-state index contributed by atoms with van der Waals surface area (Å²) in [5.74, 6) is -4.03. The lowest BCUT2D eigenvalue weighted by molar-refractivity contribution is -0.138. The maximum Gasteiger partial charge on any atom is 0.322 e. The molecule has 1 atom stereocenters. The van der Waals surface area contributed by atoms with Gasteiger partial charge in [0.25, 0.3) is 0 Å². The molecule has 2 heterocycles. The van der Waals surface area contributed by atoms with E-state index < -0.39 is 61.2 Å². The zero-order valence-corrected chi connectivity index (χ0v) is 17.6. The minimum atomic E-state index is -1.21. The Morgan fingerprint density at radius 2 is 1.44 bits per heavy atom. The predicted molar refractivity (Wildman–Crippen MR) is 108 cm³/mol. The average Bonchev–Trinajstić information content (AvgIpc) is 2.76. The van der Waals surface area contributed by atoms with Gasteiger partial charge in [-0.2, -0.15) is 0 Å². The van der Waals surface area contributed by atoms with E-state index in [4.69, 9.17) is 9.84 Å². The molecule has 0 radical (unpaired) electrons. The number of hydrogen-bond acceptors (Lipinski definition) is 7. The Hall–Kier alpha value is -3.22. The van der Waals surface area contributed by atoms with E-state index in [0.717, 1.165) is 0 Å². The quantitative estimate of drug-likeness (QED) is 0.242. The molecule has 3 rings (SSSR count). The molecule has 1 unspecified atom stereocenters. The number of rotatable bonds is 3. The van der Waals surface area contributed by atoms with E-state index in [1.807, 2.05) is 0 Å². The van der Waals surface area contributed by atoms with Crippen LogP contribution in [0.25, 0.3) is 0 Å². The number of carboxylic acids is 1. The number of ether oxygens (including phenoxy) is 1. The second-order valence-electron chi connectivity index (χ2n) is 7.75. The van der Waals surface area contributed by atoms with Crippen molar-refractivity contribution in [2.24, 2.45) is 5.92 Å². The molecule has 0 aromatic carbocycles. The van der Waals surface area contributed by atoms with Crippen molar-refractivity contribution in [3.8, 4) is 0 Å². The normalized spacial score (nSPS) is 26.3. The lowest BCUT2D eigenvalue weighted by atomic mass is 9.83. The number of aliphatic carboxylic acids is 1. The molecule has 13 heteroatoms. The summed E-state index contributed by atoms with van der Waals surface area (Å²) in [5.41, 5.74) is 0. The van der Waals surface area contributed by atoms with E-state index in [0.29, 0.717) is 32.1 Å². The van der Waals surface area contributed by atoms with Crippen LogP contribution in [0.4, 0.5) is 0 Å². The predicted octanol–water partition coefficient (Wildman–Crippen LogP) is -3.00. The third kappa shape index (κ3) is 9.29. The van der Waals surface area contributed by atoms with E-state index in [2.05, 4.69) is 26.6 Å². The van der Waals surface area contributed by atoms with Crippen molar-refractivity contribution in [1.82, 2.24) is 26.6 Å². The lowest BCUT2D eigenvalue weighted by Gasteiger charge is -2.30. The summed E-state index contributed by atoms with van der Waals surface area (Å²) in [6.07, 6.45) is 2.88. The summed E-state index contributed by atoms with van der Waals surface area (Å²) in [4.78, 5) is 70.8. The zero-order chi connectivity index (χ0) is 23.5. The summed E-state index contributed by atoms with van der Waals surface area (Å²) in [6.45, 7) is -1.90. The minimum absolute atomic E-state index is 0.0862. The van der Waals surface area contributed by atoms with E-state index in [1.54, 1.807) is 0 Å². The van der Waals surface area contributed by atoms with Crippen LogP contribution in [0.15, 0.2) is 0 Å². The molecule has 13 nitrogen and oxygen atoms in total. The molecule has 3 fully saturated rings. The molecule has 32 heavy (non-hydrogen) atoms. The van der Waals surface area contributed by atoms with Gasteiger partial charge in [-0.1, -0.05) is 0 Å². The number of fused-ring (bicyclic) bond motifs is 16. The highest BCUT2D eigenvalue weighted by Gasteiger charge is 2.29. The van der Waals surface area contributed by atoms with Gasteiger partial charge in [0.2, 0.25) is 29.5 Å². The lowest BCUT2D eigenvalue weighted by Crippen LogP contribution is -2.51. The molecule has 0 aromatic rings. The van der Waals surface area contributed by atoms with Crippen molar-refractivity contribution in [3.05, 3.63) is 0 Å². The molecule has 2 bridgehead atoms. The third-order valence-electron chi connectivity index (χ3n) is 5.22. The van der Waals surface area contributed by atoms with Crippen molar-refractivity contribution in [2.45, 2.75) is 44.2 Å². The van der Waals surface area contributed by atoms with Crippen molar-refractivity contribution in [3.63, 3.8) is 0 Å². The van der Waals surface area contributed by atoms with Crippen LogP contribution in [-0.2, 0) is 33.5 Å². The number of carbonyl (C=O) groups excluding carboxylic acids is 5. The van der Waals surface area contributed by atoms with Gasteiger partial charge in [-0.15, -0.1) is 0 Å². The van der Waals surface area contributed by atoms with Crippen LogP contribution in [0, 0.1) is 5.92 Å². The van der Waals surface area contributed by atoms with Gasteiger partial charge in [-0.3, -0.25) is 28.8 Å². The van der Waals surface area contributed by atoms with Crippen LogP contribution in [0.2, 0.25) is 0 Å². The smallest absolute Gasteiger partial charge is 0.322 e. The molecular weight excluding hydrogens is 426 g/mol. The Balaban J connectivity index is 2.04. The Morgan fingerprint density at radius 3 is 2.03 bits per heavy atom. The van der Waals surface area contributed by atoms with Gasteiger partial charge in [-0.05, 0) is 38.0 Å². The van der Waals surface area contributed by atoms with Crippen LogP contribution in [-0.4, -0.2) is 85.5 Å². The van der Waals surface area contributed by atoms with Crippen LogP contribution < -0.4 is 26.6 Å². The highest BCUT2D eigenvalue weighted by Crippen LogP contribution is 2.29. The minimum Gasteiger partial charge on any atom is -0.480 e. The first-order valence-electron chi connectivity index (χ1n) is 10.4. The largest absolute Gasteiger partial charge is 0.480 e. The third-order valence-corrected chi connectivity index (χ3v) is 5.22. The van der Waals surface area contributed by atoms with Crippen LogP contribution >= 0.6 is 0 Å². The number of hydrogen-bond donors (Lipinski definition) is 6. The van der Waals surface area contributed by atoms with Gasteiger partial charge in [0.1, 0.15) is 19.2 Å². The molecule has 0 spiro atoms. The second-order valence-corrected chi connectivity index (χ2v) is 7.75. The molecule has 2 aliphatic heterocycles. The molecular formula is C19H29N5O8. The molecule has 0 aromatic heterocycles. The number of carboxylic acid groups (broad SMARTS) is 1. The van der Waals surface area contributed by atoms with Crippen molar-refractivity contribution in [1.29, 1.82) is 0 Å². The summed E-state index contributed by atoms with van der Waals surface area (Å²) in [6, 6.07) is -0.964. The molecule has 5 amide bonds. The number of carbonyl (C=O) groups is 6. The highest BCUT2D eigenvalue weighted by molar-refractivity contribution is 5.92. The van der Waals surface area contributed by atoms with Crippen molar-refractivity contribution < 1.29 is 38.6 Å². The fourth-order valence-corrected chi connectivity index (χ4v) is 3.54. The van der Waals surface area contributed by atoms with E-state index >= 15 is 0 Å². The van der Waals surface area contributed by atoms with Gasteiger partial charge >= 0.3 is 5.97 Å². The Kier molecular flexibility index (Phi) is 9.85. The number of nitrogens with one attached hydrogen (secondary N) is 5. The summed E-state index contributed by atoms with van der Waals surface area (Å²) < 4.78 is 5.59. The first kappa shape index (κ1) is 25.0. The van der Waals surface area contributed by atoms with E-state index in [1.165, 1.54) is 0 Å². The average molecular weight is 455 g/mol. The van der Waals surface area contributed by atoms with E-state index in [-0.39, 0.29) is 25.2 Å². The van der Waals surface area contributed by atoms with Crippen LogP contribution in [0.3, 0.4) is 0 Å². The summed E-state index contributed by atoms with van der Waals surface area (Å²) >= 11 is 0.